The number of hydrogen-bond donors (Lipinski definition) is 1. The van der Waals surface area contributed by atoms with Crippen LogP contribution in [0.5, 0.6) is 11.5 Å². The summed E-state index contributed by atoms with van der Waals surface area (Å²) in [5.74, 6) is 0.348. The van der Waals surface area contributed by atoms with Crippen molar-refractivity contribution in [1.29, 1.82) is 0 Å². The van der Waals surface area contributed by atoms with Gasteiger partial charge in [0.05, 0.1) is 12.1 Å². The van der Waals surface area contributed by atoms with E-state index >= 15 is 0 Å². The number of amides is 2. The number of nitrogens with zero attached hydrogens (tertiary/aromatic N) is 1. The largest absolute Gasteiger partial charge is 0.497 e. The Bertz CT molecular complexity index is 1400. The first-order chi connectivity index (χ1) is 19.0. The summed E-state index contributed by atoms with van der Waals surface area (Å²) >= 11 is 12.5. The average Bonchev–Trinajstić information content (AvgIpc) is 2.96. The van der Waals surface area contributed by atoms with Gasteiger partial charge in [0.1, 0.15) is 17.5 Å². The number of halogens is 2. The first-order valence-electron chi connectivity index (χ1n) is 12.3. The zero-order valence-electron chi connectivity index (χ0n) is 21.3. The molecule has 0 heterocycles. The van der Waals surface area contributed by atoms with Gasteiger partial charge in [-0.1, -0.05) is 96.0 Å². The minimum atomic E-state index is -0.932. The Kier molecular flexibility index (Phi) is 9.84. The fourth-order valence-electron chi connectivity index (χ4n) is 4.06. The molecule has 1 atom stereocenters. The van der Waals surface area contributed by atoms with Crippen molar-refractivity contribution in [3.05, 3.63) is 130 Å². The Balaban J connectivity index is 1.65. The third-order valence-electron chi connectivity index (χ3n) is 6.11. The van der Waals surface area contributed by atoms with Crippen molar-refractivity contribution in [2.45, 2.75) is 19.1 Å². The summed E-state index contributed by atoms with van der Waals surface area (Å²) in [5.41, 5.74) is 2.25. The fourth-order valence-corrected chi connectivity index (χ4v) is 4.46. The molecule has 0 spiro atoms. The lowest BCUT2D eigenvalue weighted by Gasteiger charge is -2.31. The molecule has 0 aromatic heterocycles. The molecule has 2 amide bonds. The van der Waals surface area contributed by atoms with Gasteiger partial charge in [0, 0.05) is 18.1 Å². The van der Waals surface area contributed by atoms with Gasteiger partial charge in [0.25, 0.3) is 5.91 Å². The van der Waals surface area contributed by atoms with Crippen molar-refractivity contribution < 1.29 is 19.1 Å². The SMILES string of the molecule is COc1ccc(CN(C(=O)COc2ccccc2Cl)C(C(=O)NCc2ccccc2Cl)c2ccccc2)cc1. The molecule has 4 aromatic rings. The van der Waals surface area contributed by atoms with Crippen LogP contribution in [0, 0.1) is 0 Å². The minimum Gasteiger partial charge on any atom is -0.497 e. The Morgan fingerprint density at radius 3 is 2.13 bits per heavy atom. The number of nitrogens with one attached hydrogen (secondary N) is 1. The van der Waals surface area contributed by atoms with E-state index < -0.39 is 6.04 Å². The first kappa shape index (κ1) is 28.0. The van der Waals surface area contributed by atoms with Gasteiger partial charge < -0.3 is 19.7 Å². The fraction of sp³-hybridized carbons (Fsp3) is 0.161. The molecule has 4 aromatic carbocycles. The van der Waals surface area contributed by atoms with Crippen molar-refractivity contribution >= 4 is 35.0 Å². The van der Waals surface area contributed by atoms with E-state index in [1.807, 2.05) is 72.8 Å². The van der Waals surface area contributed by atoms with Crippen LogP contribution in [0.3, 0.4) is 0 Å². The second-order valence-electron chi connectivity index (χ2n) is 8.71. The molecule has 200 valence electrons. The molecule has 8 heteroatoms. The number of para-hydroxylation sites is 1. The Morgan fingerprint density at radius 1 is 0.821 bits per heavy atom. The Morgan fingerprint density at radius 2 is 1.46 bits per heavy atom. The summed E-state index contributed by atoms with van der Waals surface area (Å²) in [4.78, 5) is 29.0. The van der Waals surface area contributed by atoms with E-state index in [0.29, 0.717) is 27.1 Å². The predicted molar refractivity (Wildman–Crippen MR) is 153 cm³/mol. The number of rotatable bonds is 11. The van der Waals surface area contributed by atoms with E-state index in [1.165, 1.54) is 4.90 Å². The van der Waals surface area contributed by atoms with Gasteiger partial charge in [0.2, 0.25) is 5.91 Å². The second kappa shape index (κ2) is 13.7. The van der Waals surface area contributed by atoms with Crippen LogP contribution >= 0.6 is 23.2 Å². The lowest BCUT2D eigenvalue weighted by atomic mass is 10.0. The summed E-state index contributed by atoms with van der Waals surface area (Å²) in [7, 11) is 1.59. The maximum Gasteiger partial charge on any atom is 0.261 e. The van der Waals surface area contributed by atoms with Gasteiger partial charge in [-0.3, -0.25) is 9.59 Å². The number of carbonyl (C=O) groups is 2. The van der Waals surface area contributed by atoms with Crippen molar-refractivity contribution in [2.75, 3.05) is 13.7 Å². The third-order valence-corrected chi connectivity index (χ3v) is 6.79. The topological polar surface area (TPSA) is 67.9 Å². The van der Waals surface area contributed by atoms with Crippen LogP contribution in [0.1, 0.15) is 22.7 Å². The zero-order valence-corrected chi connectivity index (χ0v) is 22.9. The van der Waals surface area contributed by atoms with Gasteiger partial charge in [-0.05, 0) is 47.0 Å². The second-order valence-corrected chi connectivity index (χ2v) is 9.53. The number of methoxy groups -OCH3 is 1. The van der Waals surface area contributed by atoms with Crippen LogP contribution in [0.25, 0.3) is 0 Å². The van der Waals surface area contributed by atoms with Gasteiger partial charge in [-0.15, -0.1) is 0 Å². The highest BCUT2D eigenvalue weighted by atomic mass is 35.5. The number of carbonyl (C=O) groups excluding carboxylic acids is 2. The smallest absolute Gasteiger partial charge is 0.261 e. The highest BCUT2D eigenvalue weighted by molar-refractivity contribution is 6.32. The van der Waals surface area contributed by atoms with Gasteiger partial charge in [-0.25, -0.2) is 0 Å². The summed E-state index contributed by atoms with van der Waals surface area (Å²) in [6.45, 7) is 0.0668. The minimum absolute atomic E-state index is 0.160. The molecule has 0 radical (unpaired) electrons. The monoisotopic (exact) mass is 562 g/mol. The standard InChI is InChI=1S/C31H28Cl2N2O4/c1-38-25-17-15-22(16-18-25)20-35(29(36)21-39-28-14-8-7-13-27(28)33)30(23-9-3-2-4-10-23)31(37)34-19-24-11-5-6-12-26(24)32/h2-18,30H,19-21H2,1H3,(H,34,37). The van der Waals surface area contributed by atoms with Crippen LogP contribution in [-0.2, 0) is 22.7 Å². The van der Waals surface area contributed by atoms with Crippen LogP contribution in [0.4, 0.5) is 0 Å². The van der Waals surface area contributed by atoms with Crippen molar-refractivity contribution in [3.8, 4) is 11.5 Å². The lowest BCUT2D eigenvalue weighted by Crippen LogP contribution is -2.45. The average molecular weight is 563 g/mol. The Hall–Kier alpha value is -4.00. The number of benzene rings is 4. The van der Waals surface area contributed by atoms with E-state index in [-0.39, 0.29) is 31.5 Å². The molecular formula is C31H28Cl2N2O4. The molecule has 39 heavy (non-hydrogen) atoms. The van der Waals surface area contributed by atoms with Crippen LogP contribution in [-0.4, -0.2) is 30.4 Å². The number of ether oxygens (including phenoxy) is 2. The molecular weight excluding hydrogens is 535 g/mol. The summed E-state index contributed by atoms with van der Waals surface area (Å²) < 4.78 is 11.0. The van der Waals surface area contributed by atoms with Crippen molar-refractivity contribution in [2.24, 2.45) is 0 Å². The maximum atomic E-state index is 13.8. The molecule has 6 nitrogen and oxygen atoms in total. The summed E-state index contributed by atoms with van der Waals surface area (Å²) in [6.07, 6.45) is 0. The van der Waals surface area contributed by atoms with E-state index in [1.54, 1.807) is 37.4 Å². The van der Waals surface area contributed by atoms with E-state index in [2.05, 4.69) is 5.32 Å². The van der Waals surface area contributed by atoms with Gasteiger partial charge >= 0.3 is 0 Å². The molecule has 0 bridgehead atoms. The molecule has 0 saturated heterocycles. The molecule has 1 N–H and O–H groups in total. The predicted octanol–water partition coefficient (Wildman–Crippen LogP) is 6.47. The van der Waals surface area contributed by atoms with E-state index in [9.17, 15) is 9.59 Å². The summed E-state index contributed by atoms with van der Waals surface area (Å²) in [6, 6.07) is 29.8. The van der Waals surface area contributed by atoms with E-state index in [4.69, 9.17) is 32.7 Å². The highest BCUT2D eigenvalue weighted by Crippen LogP contribution is 2.27. The van der Waals surface area contributed by atoms with Crippen LogP contribution in [0.15, 0.2) is 103 Å². The molecule has 0 aliphatic heterocycles. The summed E-state index contributed by atoms with van der Waals surface area (Å²) in [5, 5.41) is 3.90. The Labute approximate surface area is 238 Å². The van der Waals surface area contributed by atoms with Crippen molar-refractivity contribution in [1.82, 2.24) is 10.2 Å². The normalized spacial score (nSPS) is 11.4. The van der Waals surface area contributed by atoms with E-state index in [0.717, 1.165) is 11.1 Å². The zero-order chi connectivity index (χ0) is 27.6. The van der Waals surface area contributed by atoms with Gasteiger partial charge in [-0.2, -0.15) is 0 Å². The number of hydrogen-bond acceptors (Lipinski definition) is 4. The molecule has 0 aliphatic rings. The molecule has 4 rings (SSSR count). The highest BCUT2D eigenvalue weighted by Gasteiger charge is 2.32. The van der Waals surface area contributed by atoms with Gasteiger partial charge in [0.15, 0.2) is 6.61 Å². The molecule has 0 saturated carbocycles. The quantitative estimate of drug-likeness (QED) is 0.227. The maximum absolute atomic E-state index is 13.8. The third kappa shape index (κ3) is 7.53. The molecule has 0 fully saturated rings. The lowest BCUT2D eigenvalue weighted by molar-refractivity contribution is -0.143. The molecule has 1 unspecified atom stereocenters. The molecule has 0 aliphatic carbocycles. The van der Waals surface area contributed by atoms with Crippen molar-refractivity contribution in [3.63, 3.8) is 0 Å². The first-order valence-corrected chi connectivity index (χ1v) is 13.1. The van der Waals surface area contributed by atoms with Crippen LogP contribution < -0.4 is 14.8 Å². The van der Waals surface area contributed by atoms with Crippen LogP contribution in [0.2, 0.25) is 10.0 Å².